The fraction of sp³-hybridized carbons (Fsp3) is 0.222. The number of nitro groups is 1. The molecule has 2 aromatic heterocycles. The summed E-state index contributed by atoms with van der Waals surface area (Å²) >= 11 is 1.25. The number of carbonyl (C=O) groups is 1. The van der Waals surface area contributed by atoms with E-state index < -0.39 is 22.3 Å². The lowest BCUT2D eigenvalue weighted by Crippen LogP contribution is -2.02. The molecule has 94 valence electrons. The van der Waals surface area contributed by atoms with E-state index in [4.69, 9.17) is 5.11 Å². The van der Waals surface area contributed by atoms with Crippen LogP contribution in [0.4, 0.5) is 5.69 Å². The lowest BCUT2D eigenvalue weighted by molar-refractivity contribution is -0.385. The van der Waals surface area contributed by atoms with E-state index in [-0.39, 0.29) is 0 Å². The van der Waals surface area contributed by atoms with Crippen LogP contribution in [0.25, 0.3) is 5.13 Å². The highest BCUT2D eigenvalue weighted by Gasteiger charge is 2.26. The van der Waals surface area contributed by atoms with Crippen LogP contribution in [0, 0.1) is 10.1 Å². The smallest absolute Gasteiger partial charge is 0.363 e. The number of rotatable bonds is 4. The van der Waals surface area contributed by atoms with Crippen molar-refractivity contribution in [3.05, 3.63) is 33.1 Å². The number of aromatic nitrogens is 3. The number of aromatic carboxylic acids is 1. The van der Waals surface area contributed by atoms with E-state index in [1.807, 2.05) is 6.92 Å². The zero-order chi connectivity index (χ0) is 13.3. The number of aryl methyl sites for hydroxylation is 1. The second kappa shape index (κ2) is 4.53. The summed E-state index contributed by atoms with van der Waals surface area (Å²) in [6.45, 7) is 1.92. The molecular weight excluding hydrogens is 260 g/mol. The van der Waals surface area contributed by atoms with E-state index in [9.17, 15) is 14.9 Å². The van der Waals surface area contributed by atoms with E-state index in [1.54, 1.807) is 5.38 Å². The maximum Gasteiger partial charge on any atom is 0.363 e. The lowest BCUT2D eigenvalue weighted by Gasteiger charge is -1.91. The van der Waals surface area contributed by atoms with E-state index in [0.717, 1.165) is 23.0 Å². The molecule has 2 heterocycles. The first-order valence-electron chi connectivity index (χ1n) is 4.95. The Bertz CT molecular complexity index is 586. The molecule has 2 aromatic rings. The number of thiazole rings is 1. The minimum Gasteiger partial charge on any atom is -0.476 e. The van der Waals surface area contributed by atoms with Crippen LogP contribution in [-0.2, 0) is 6.42 Å². The highest BCUT2D eigenvalue weighted by molar-refractivity contribution is 7.12. The average molecular weight is 268 g/mol. The van der Waals surface area contributed by atoms with Crippen LogP contribution in [0.3, 0.4) is 0 Å². The molecule has 0 amide bonds. The first-order valence-corrected chi connectivity index (χ1v) is 5.83. The Kier molecular flexibility index (Phi) is 3.06. The molecule has 2 rings (SSSR count). The monoisotopic (exact) mass is 268 g/mol. The Balaban J connectivity index is 2.49. The van der Waals surface area contributed by atoms with Crippen molar-refractivity contribution in [1.82, 2.24) is 14.8 Å². The summed E-state index contributed by atoms with van der Waals surface area (Å²) in [5.41, 5.74) is -0.311. The van der Waals surface area contributed by atoms with Gasteiger partial charge in [-0.05, 0) is 6.42 Å². The first-order chi connectivity index (χ1) is 8.52. The van der Waals surface area contributed by atoms with Crippen LogP contribution < -0.4 is 0 Å². The van der Waals surface area contributed by atoms with Gasteiger partial charge in [-0.25, -0.2) is 14.5 Å². The van der Waals surface area contributed by atoms with Gasteiger partial charge in [0.15, 0.2) is 0 Å². The third kappa shape index (κ3) is 2.07. The van der Waals surface area contributed by atoms with E-state index >= 15 is 0 Å². The Hall–Kier alpha value is -2.29. The highest BCUT2D eigenvalue weighted by atomic mass is 32.1. The Labute approximate surface area is 105 Å². The van der Waals surface area contributed by atoms with Gasteiger partial charge in [0.2, 0.25) is 10.8 Å². The van der Waals surface area contributed by atoms with Crippen LogP contribution in [-0.4, -0.2) is 30.8 Å². The predicted octanol–water partition coefficient (Wildman–Crippen LogP) is 1.50. The molecule has 0 aliphatic heterocycles. The Morgan fingerprint density at radius 2 is 2.39 bits per heavy atom. The molecule has 0 aliphatic rings. The van der Waals surface area contributed by atoms with Gasteiger partial charge in [0.25, 0.3) is 0 Å². The average Bonchev–Trinajstić information content (AvgIpc) is 2.95. The minimum atomic E-state index is -1.44. The second-order valence-corrected chi connectivity index (χ2v) is 4.18. The van der Waals surface area contributed by atoms with Crippen molar-refractivity contribution >= 4 is 23.0 Å². The molecule has 0 atom stereocenters. The first kappa shape index (κ1) is 12.2. The lowest BCUT2D eigenvalue weighted by atomic mass is 10.4. The molecule has 0 radical (unpaired) electrons. The molecule has 1 N–H and O–H groups in total. The topological polar surface area (TPSA) is 111 Å². The fourth-order valence-electron chi connectivity index (χ4n) is 1.31. The summed E-state index contributed by atoms with van der Waals surface area (Å²) in [6, 6.07) is 0. The Morgan fingerprint density at radius 1 is 1.67 bits per heavy atom. The summed E-state index contributed by atoms with van der Waals surface area (Å²) in [5.74, 6) is -1.44. The van der Waals surface area contributed by atoms with Gasteiger partial charge in [-0.2, -0.15) is 5.10 Å². The molecule has 0 fully saturated rings. The minimum absolute atomic E-state index is 0.405. The summed E-state index contributed by atoms with van der Waals surface area (Å²) < 4.78 is 1.12. The molecule has 18 heavy (non-hydrogen) atoms. The van der Waals surface area contributed by atoms with Gasteiger partial charge >= 0.3 is 11.7 Å². The van der Waals surface area contributed by atoms with Crippen molar-refractivity contribution in [1.29, 1.82) is 0 Å². The highest BCUT2D eigenvalue weighted by Crippen LogP contribution is 2.21. The quantitative estimate of drug-likeness (QED) is 0.664. The van der Waals surface area contributed by atoms with E-state index in [1.165, 1.54) is 11.3 Å². The summed E-state index contributed by atoms with van der Waals surface area (Å²) in [6.07, 6.45) is 1.79. The molecule has 0 saturated carbocycles. The van der Waals surface area contributed by atoms with Crippen LogP contribution in [0.5, 0.6) is 0 Å². The van der Waals surface area contributed by atoms with E-state index in [2.05, 4.69) is 10.1 Å². The second-order valence-electron chi connectivity index (χ2n) is 3.34. The largest absolute Gasteiger partial charge is 0.476 e. The molecule has 0 unspecified atom stereocenters. The fourth-order valence-corrected chi connectivity index (χ4v) is 2.14. The van der Waals surface area contributed by atoms with E-state index in [0.29, 0.717) is 5.13 Å². The van der Waals surface area contributed by atoms with Gasteiger partial charge in [0.05, 0.1) is 10.6 Å². The normalized spacial score (nSPS) is 10.5. The number of nitrogens with zero attached hydrogens (tertiary/aromatic N) is 4. The summed E-state index contributed by atoms with van der Waals surface area (Å²) in [7, 11) is 0. The van der Waals surface area contributed by atoms with Gasteiger partial charge in [-0.15, -0.1) is 11.3 Å². The van der Waals surface area contributed by atoms with Crippen molar-refractivity contribution in [2.45, 2.75) is 13.3 Å². The molecule has 0 spiro atoms. The Morgan fingerprint density at radius 3 is 2.83 bits per heavy atom. The molecular formula is C9H8N4O4S. The summed E-state index contributed by atoms with van der Waals surface area (Å²) in [4.78, 5) is 24.9. The number of carboxylic acids is 1. The third-order valence-corrected chi connectivity index (χ3v) is 3.07. The van der Waals surface area contributed by atoms with Crippen molar-refractivity contribution < 1.29 is 14.8 Å². The van der Waals surface area contributed by atoms with Crippen LogP contribution in [0.2, 0.25) is 0 Å². The number of carboxylic acid groups (broad SMARTS) is 1. The standard InChI is InChI=1S/C9H8N4O4S/c1-2-5-4-18-9(10-5)12-3-6(13(16)17)7(11-12)8(14)15/h3-4H,2H2,1H3,(H,14,15). The van der Waals surface area contributed by atoms with Gasteiger partial charge < -0.3 is 5.11 Å². The summed E-state index contributed by atoms with van der Waals surface area (Å²) in [5, 5.41) is 25.4. The molecule has 9 heteroatoms. The SMILES string of the molecule is CCc1csc(-n2cc([N+](=O)[O-])c(C(=O)O)n2)n1. The van der Waals surface area contributed by atoms with Crippen LogP contribution >= 0.6 is 11.3 Å². The van der Waals surface area contributed by atoms with Gasteiger partial charge in [0.1, 0.15) is 6.20 Å². The van der Waals surface area contributed by atoms with Crippen LogP contribution in [0.1, 0.15) is 23.1 Å². The molecule has 0 saturated heterocycles. The molecule has 0 bridgehead atoms. The molecule has 0 aliphatic carbocycles. The number of hydrogen-bond donors (Lipinski definition) is 1. The van der Waals surface area contributed by atoms with Crippen LogP contribution in [0.15, 0.2) is 11.6 Å². The maximum absolute atomic E-state index is 10.8. The van der Waals surface area contributed by atoms with Crippen molar-refractivity contribution in [2.75, 3.05) is 0 Å². The van der Waals surface area contributed by atoms with Gasteiger partial charge in [0, 0.05) is 5.38 Å². The maximum atomic E-state index is 10.8. The molecule has 0 aromatic carbocycles. The van der Waals surface area contributed by atoms with Crippen molar-refractivity contribution in [2.24, 2.45) is 0 Å². The predicted molar refractivity (Wildman–Crippen MR) is 62.2 cm³/mol. The zero-order valence-corrected chi connectivity index (χ0v) is 10.0. The number of hydrogen-bond acceptors (Lipinski definition) is 6. The molecule has 8 nitrogen and oxygen atoms in total. The van der Waals surface area contributed by atoms with Crippen molar-refractivity contribution in [3.8, 4) is 5.13 Å². The van der Waals surface area contributed by atoms with Gasteiger partial charge in [-0.3, -0.25) is 10.1 Å². The zero-order valence-electron chi connectivity index (χ0n) is 9.23. The van der Waals surface area contributed by atoms with Gasteiger partial charge in [-0.1, -0.05) is 6.92 Å². The van der Waals surface area contributed by atoms with Crippen molar-refractivity contribution in [3.63, 3.8) is 0 Å². The third-order valence-electron chi connectivity index (χ3n) is 2.19.